The standard InChI is InChI=1S/C13H22F3N3O2/c1-2-6-17-11(20)5-7-18-12(21)10-4-3-9(8-19-10)13(14,15)16/h9-10,19H,2-8H2,1H3,(H,17,20)(H,18,21). The lowest BCUT2D eigenvalue weighted by Crippen LogP contribution is -2.51. The number of hydrogen-bond acceptors (Lipinski definition) is 3. The Hall–Kier alpha value is -1.31. The van der Waals surface area contributed by atoms with E-state index in [2.05, 4.69) is 16.0 Å². The highest BCUT2D eigenvalue weighted by Gasteiger charge is 2.42. The molecule has 1 heterocycles. The van der Waals surface area contributed by atoms with E-state index in [1.807, 2.05) is 6.92 Å². The van der Waals surface area contributed by atoms with Gasteiger partial charge in [0.15, 0.2) is 0 Å². The van der Waals surface area contributed by atoms with Crippen molar-refractivity contribution in [3.05, 3.63) is 0 Å². The largest absolute Gasteiger partial charge is 0.393 e. The second-order valence-electron chi connectivity index (χ2n) is 5.17. The molecule has 8 heteroatoms. The zero-order valence-corrected chi connectivity index (χ0v) is 12.1. The molecule has 5 nitrogen and oxygen atoms in total. The van der Waals surface area contributed by atoms with Crippen molar-refractivity contribution < 1.29 is 22.8 Å². The number of amides is 2. The molecular weight excluding hydrogens is 287 g/mol. The quantitative estimate of drug-likeness (QED) is 0.684. The predicted molar refractivity (Wildman–Crippen MR) is 71.5 cm³/mol. The van der Waals surface area contributed by atoms with Crippen LogP contribution in [0.2, 0.25) is 0 Å². The molecule has 3 N–H and O–H groups in total. The Bertz CT molecular complexity index is 353. The molecule has 0 saturated carbocycles. The first-order valence-electron chi connectivity index (χ1n) is 7.19. The van der Waals surface area contributed by atoms with Crippen LogP contribution in [0.3, 0.4) is 0 Å². The summed E-state index contributed by atoms with van der Waals surface area (Å²) in [7, 11) is 0. The van der Waals surface area contributed by atoms with Crippen LogP contribution in [0, 0.1) is 5.92 Å². The highest BCUT2D eigenvalue weighted by atomic mass is 19.4. The third-order valence-corrected chi connectivity index (χ3v) is 3.42. The van der Waals surface area contributed by atoms with Gasteiger partial charge in [0.1, 0.15) is 0 Å². The molecule has 0 aliphatic carbocycles. The minimum atomic E-state index is -4.22. The Morgan fingerprint density at radius 3 is 2.43 bits per heavy atom. The summed E-state index contributed by atoms with van der Waals surface area (Å²) in [5, 5.41) is 7.86. The van der Waals surface area contributed by atoms with Crippen LogP contribution in [0.1, 0.15) is 32.6 Å². The fraction of sp³-hybridized carbons (Fsp3) is 0.846. The molecule has 1 fully saturated rings. The molecule has 0 bridgehead atoms. The van der Waals surface area contributed by atoms with Crippen molar-refractivity contribution in [1.29, 1.82) is 0 Å². The topological polar surface area (TPSA) is 70.2 Å². The first-order valence-corrected chi connectivity index (χ1v) is 7.19. The molecular formula is C13H22F3N3O2. The van der Waals surface area contributed by atoms with Gasteiger partial charge < -0.3 is 16.0 Å². The number of hydrogen-bond donors (Lipinski definition) is 3. The van der Waals surface area contributed by atoms with Crippen molar-refractivity contribution in [2.24, 2.45) is 5.92 Å². The van der Waals surface area contributed by atoms with Gasteiger partial charge in [0.05, 0.1) is 12.0 Å². The lowest BCUT2D eigenvalue weighted by Gasteiger charge is -2.30. The number of carbonyl (C=O) groups is 2. The van der Waals surface area contributed by atoms with Crippen molar-refractivity contribution in [2.75, 3.05) is 19.6 Å². The van der Waals surface area contributed by atoms with Crippen molar-refractivity contribution in [3.63, 3.8) is 0 Å². The van der Waals surface area contributed by atoms with E-state index < -0.39 is 18.1 Å². The first kappa shape index (κ1) is 17.7. The highest BCUT2D eigenvalue weighted by molar-refractivity contribution is 5.82. The molecule has 1 rings (SSSR count). The van der Waals surface area contributed by atoms with E-state index in [0.29, 0.717) is 6.54 Å². The summed E-state index contributed by atoms with van der Waals surface area (Å²) in [4.78, 5) is 23.1. The van der Waals surface area contributed by atoms with Gasteiger partial charge in [0.25, 0.3) is 0 Å². The van der Waals surface area contributed by atoms with Gasteiger partial charge >= 0.3 is 6.18 Å². The minimum Gasteiger partial charge on any atom is -0.356 e. The number of alkyl halides is 3. The van der Waals surface area contributed by atoms with Gasteiger partial charge in [-0.2, -0.15) is 13.2 Å². The van der Waals surface area contributed by atoms with E-state index in [-0.39, 0.29) is 44.2 Å². The zero-order valence-electron chi connectivity index (χ0n) is 12.1. The highest BCUT2D eigenvalue weighted by Crippen LogP contribution is 2.31. The number of nitrogens with one attached hydrogen (secondary N) is 3. The average Bonchev–Trinajstić information content (AvgIpc) is 2.44. The van der Waals surface area contributed by atoms with Crippen molar-refractivity contribution >= 4 is 11.8 Å². The van der Waals surface area contributed by atoms with Crippen LogP contribution in [0.15, 0.2) is 0 Å². The van der Waals surface area contributed by atoms with Crippen LogP contribution < -0.4 is 16.0 Å². The van der Waals surface area contributed by atoms with Gasteiger partial charge in [-0.1, -0.05) is 6.92 Å². The average molecular weight is 309 g/mol. The van der Waals surface area contributed by atoms with E-state index in [1.165, 1.54) is 0 Å². The Labute approximate surface area is 122 Å². The maximum atomic E-state index is 12.5. The third kappa shape index (κ3) is 6.33. The molecule has 0 aromatic rings. The molecule has 0 spiro atoms. The summed E-state index contributed by atoms with van der Waals surface area (Å²) < 4.78 is 37.4. The predicted octanol–water partition coefficient (Wildman–Crippen LogP) is 0.949. The van der Waals surface area contributed by atoms with Gasteiger partial charge in [0.2, 0.25) is 11.8 Å². The Morgan fingerprint density at radius 2 is 1.90 bits per heavy atom. The lowest BCUT2D eigenvalue weighted by atomic mass is 9.94. The van der Waals surface area contributed by atoms with Crippen molar-refractivity contribution in [1.82, 2.24) is 16.0 Å². The van der Waals surface area contributed by atoms with E-state index in [9.17, 15) is 22.8 Å². The van der Waals surface area contributed by atoms with Crippen molar-refractivity contribution in [3.8, 4) is 0 Å². The second-order valence-corrected chi connectivity index (χ2v) is 5.17. The molecule has 21 heavy (non-hydrogen) atoms. The maximum absolute atomic E-state index is 12.5. The number of halogens is 3. The van der Waals surface area contributed by atoms with Gasteiger partial charge in [-0.25, -0.2) is 0 Å². The van der Waals surface area contributed by atoms with E-state index >= 15 is 0 Å². The third-order valence-electron chi connectivity index (χ3n) is 3.42. The summed E-state index contributed by atoms with van der Waals surface area (Å²) in [6.07, 6.45) is -3.11. The van der Waals surface area contributed by atoms with Crippen LogP contribution in [0.4, 0.5) is 13.2 Å². The van der Waals surface area contributed by atoms with Crippen LogP contribution in [0.5, 0.6) is 0 Å². The van der Waals surface area contributed by atoms with Gasteiger partial charge in [-0.05, 0) is 19.3 Å². The molecule has 1 saturated heterocycles. The number of rotatable bonds is 6. The second kappa shape index (κ2) is 8.21. The molecule has 1 aliphatic heterocycles. The van der Waals surface area contributed by atoms with Crippen LogP contribution in [-0.2, 0) is 9.59 Å². The van der Waals surface area contributed by atoms with Crippen LogP contribution >= 0.6 is 0 Å². The molecule has 0 aromatic heterocycles. The number of piperidine rings is 1. The van der Waals surface area contributed by atoms with Crippen molar-refractivity contribution in [2.45, 2.75) is 44.8 Å². The van der Waals surface area contributed by atoms with E-state index in [4.69, 9.17) is 0 Å². The summed E-state index contributed by atoms with van der Waals surface area (Å²) in [6.45, 7) is 2.48. The Balaban J connectivity index is 2.21. The van der Waals surface area contributed by atoms with Gasteiger partial charge in [0, 0.05) is 26.1 Å². The van der Waals surface area contributed by atoms with Crippen LogP contribution in [-0.4, -0.2) is 43.7 Å². The summed E-state index contributed by atoms with van der Waals surface area (Å²) >= 11 is 0. The molecule has 2 atom stereocenters. The molecule has 0 aromatic carbocycles. The SMILES string of the molecule is CCCNC(=O)CCNC(=O)C1CCC(C(F)(F)F)CN1. The fourth-order valence-corrected chi connectivity index (χ4v) is 2.13. The zero-order chi connectivity index (χ0) is 15.9. The van der Waals surface area contributed by atoms with Crippen LogP contribution in [0.25, 0.3) is 0 Å². The molecule has 122 valence electrons. The lowest BCUT2D eigenvalue weighted by molar-refractivity contribution is -0.180. The molecule has 2 amide bonds. The minimum absolute atomic E-state index is 0.0500. The summed E-state index contributed by atoms with van der Waals surface area (Å²) in [5.74, 6) is -1.88. The Morgan fingerprint density at radius 1 is 1.19 bits per heavy atom. The smallest absolute Gasteiger partial charge is 0.356 e. The van der Waals surface area contributed by atoms with Gasteiger partial charge in [-0.15, -0.1) is 0 Å². The van der Waals surface area contributed by atoms with E-state index in [0.717, 1.165) is 6.42 Å². The molecule has 1 aliphatic rings. The molecule has 0 radical (unpaired) electrons. The number of carbonyl (C=O) groups excluding carboxylic acids is 2. The normalized spacial score (nSPS) is 22.7. The monoisotopic (exact) mass is 309 g/mol. The summed E-state index contributed by atoms with van der Waals surface area (Å²) in [5.41, 5.74) is 0. The summed E-state index contributed by atoms with van der Waals surface area (Å²) in [6, 6.07) is -0.609. The van der Waals surface area contributed by atoms with Gasteiger partial charge in [-0.3, -0.25) is 9.59 Å². The molecule has 2 unspecified atom stereocenters. The van der Waals surface area contributed by atoms with E-state index in [1.54, 1.807) is 0 Å². The Kier molecular flexibility index (Phi) is 6.94. The maximum Gasteiger partial charge on any atom is 0.393 e. The fourth-order valence-electron chi connectivity index (χ4n) is 2.13. The first-order chi connectivity index (χ1) is 9.84.